The van der Waals surface area contributed by atoms with E-state index >= 15 is 0 Å². The van der Waals surface area contributed by atoms with E-state index in [1.54, 1.807) is 11.4 Å². The highest BCUT2D eigenvalue weighted by Crippen LogP contribution is 2.36. The standard InChI is InChI=1S/C10H8ClFOS/c1-2-13-8-5-14-9-4-6(11)3-7(12)10(8)9/h3-5H,2H2,1H3. The topological polar surface area (TPSA) is 9.23 Å². The van der Waals surface area contributed by atoms with Gasteiger partial charge in [0.15, 0.2) is 0 Å². The van der Waals surface area contributed by atoms with Crippen LogP contribution in [0.15, 0.2) is 17.5 Å². The van der Waals surface area contributed by atoms with Crippen molar-refractivity contribution in [2.24, 2.45) is 0 Å². The summed E-state index contributed by atoms with van der Waals surface area (Å²) in [6.45, 7) is 2.41. The lowest BCUT2D eigenvalue weighted by molar-refractivity contribution is 0.344. The molecule has 1 aromatic heterocycles. The van der Waals surface area contributed by atoms with Crippen LogP contribution in [-0.2, 0) is 0 Å². The third-order valence-corrected chi connectivity index (χ3v) is 2.98. The van der Waals surface area contributed by atoms with E-state index < -0.39 is 0 Å². The lowest BCUT2D eigenvalue weighted by Gasteiger charge is -2.01. The molecule has 0 radical (unpaired) electrons. The molecule has 0 fully saturated rings. The first-order valence-electron chi connectivity index (χ1n) is 4.21. The van der Waals surface area contributed by atoms with Gasteiger partial charge in [-0.1, -0.05) is 11.6 Å². The van der Waals surface area contributed by atoms with Crippen LogP contribution in [0, 0.1) is 5.82 Å². The first kappa shape index (κ1) is 9.74. The lowest BCUT2D eigenvalue weighted by atomic mass is 10.2. The Hall–Kier alpha value is -0.800. The largest absolute Gasteiger partial charge is 0.492 e. The van der Waals surface area contributed by atoms with Crippen LogP contribution in [0.2, 0.25) is 5.02 Å². The fourth-order valence-electron chi connectivity index (χ4n) is 1.32. The minimum absolute atomic E-state index is 0.322. The summed E-state index contributed by atoms with van der Waals surface area (Å²) in [6.07, 6.45) is 0. The van der Waals surface area contributed by atoms with Gasteiger partial charge in [-0.2, -0.15) is 0 Å². The van der Waals surface area contributed by atoms with Gasteiger partial charge in [-0.15, -0.1) is 11.3 Å². The van der Waals surface area contributed by atoms with Crippen LogP contribution in [0.4, 0.5) is 4.39 Å². The van der Waals surface area contributed by atoms with Crippen LogP contribution in [0.5, 0.6) is 5.75 Å². The number of thiophene rings is 1. The van der Waals surface area contributed by atoms with Gasteiger partial charge in [-0.05, 0) is 19.1 Å². The van der Waals surface area contributed by atoms with Crippen LogP contribution >= 0.6 is 22.9 Å². The maximum Gasteiger partial charge on any atom is 0.140 e. The Kier molecular flexibility index (Phi) is 2.61. The third-order valence-electron chi connectivity index (χ3n) is 1.86. The van der Waals surface area contributed by atoms with Crippen molar-refractivity contribution in [3.8, 4) is 5.75 Å². The summed E-state index contributed by atoms with van der Waals surface area (Å²) >= 11 is 7.17. The summed E-state index contributed by atoms with van der Waals surface area (Å²) < 4.78 is 19.6. The van der Waals surface area contributed by atoms with E-state index in [1.165, 1.54) is 17.4 Å². The predicted octanol–water partition coefficient (Wildman–Crippen LogP) is 4.09. The van der Waals surface area contributed by atoms with Crippen molar-refractivity contribution in [3.63, 3.8) is 0 Å². The number of fused-ring (bicyclic) bond motifs is 1. The van der Waals surface area contributed by atoms with E-state index in [2.05, 4.69) is 0 Å². The SMILES string of the molecule is CCOc1csc2cc(Cl)cc(F)c12. The van der Waals surface area contributed by atoms with Crippen molar-refractivity contribution in [1.29, 1.82) is 0 Å². The maximum absolute atomic E-state index is 13.5. The molecule has 1 heterocycles. The van der Waals surface area contributed by atoms with Crippen LogP contribution in [-0.4, -0.2) is 6.61 Å². The zero-order chi connectivity index (χ0) is 10.1. The van der Waals surface area contributed by atoms with E-state index in [4.69, 9.17) is 16.3 Å². The normalized spacial score (nSPS) is 10.8. The first-order valence-corrected chi connectivity index (χ1v) is 5.47. The molecule has 0 aliphatic heterocycles. The molecule has 0 saturated carbocycles. The number of hydrogen-bond acceptors (Lipinski definition) is 2. The highest BCUT2D eigenvalue weighted by Gasteiger charge is 2.10. The number of hydrogen-bond donors (Lipinski definition) is 0. The molecule has 0 amide bonds. The van der Waals surface area contributed by atoms with Crippen molar-refractivity contribution in [2.45, 2.75) is 6.92 Å². The van der Waals surface area contributed by atoms with Gasteiger partial charge >= 0.3 is 0 Å². The fraction of sp³-hybridized carbons (Fsp3) is 0.200. The van der Waals surface area contributed by atoms with E-state index in [9.17, 15) is 4.39 Å². The molecule has 0 aliphatic carbocycles. The summed E-state index contributed by atoms with van der Waals surface area (Å²) in [5.74, 6) is 0.277. The lowest BCUT2D eigenvalue weighted by Crippen LogP contribution is -1.90. The highest BCUT2D eigenvalue weighted by atomic mass is 35.5. The molecule has 2 rings (SSSR count). The van der Waals surface area contributed by atoms with Gasteiger partial charge in [-0.25, -0.2) is 4.39 Å². The van der Waals surface area contributed by atoms with Gasteiger partial charge in [0.2, 0.25) is 0 Å². The third kappa shape index (κ3) is 1.57. The minimum atomic E-state index is -0.322. The van der Waals surface area contributed by atoms with Crippen molar-refractivity contribution in [2.75, 3.05) is 6.61 Å². The van der Waals surface area contributed by atoms with Crippen LogP contribution in [0.1, 0.15) is 6.92 Å². The zero-order valence-corrected chi connectivity index (χ0v) is 9.08. The second-order valence-electron chi connectivity index (χ2n) is 2.79. The van der Waals surface area contributed by atoms with Gasteiger partial charge in [0.05, 0.1) is 12.0 Å². The van der Waals surface area contributed by atoms with Gasteiger partial charge in [0.1, 0.15) is 11.6 Å². The highest BCUT2D eigenvalue weighted by molar-refractivity contribution is 7.17. The molecular formula is C10H8ClFOS. The van der Waals surface area contributed by atoms with Crippen LogP contribution < -0.4 is 4.74 Å². The van der Waals surface area contributed by atoms with Gasteiger partial charge in [0.25, 0.3) is 0 Å². The first-order chi connectivity index (χ1) is 6.72. The Balaban J connectivity index is 2.66. The molecule has 0 bridgehead atoms. The van der Waals surface area contributed by atoms with E-state index in [-0.39, 0.29) is 5.82 Å². The van der Waals surface area contributed by atoms with E-state index in [1.807, 2.05) is 6.92 Å². The molecule has 4 heteroatoms. The van der Waals surface area contributed by atoms with Crippen molar-refractivity contribution in [1.82, 2.24) is 0 Å². The Morgan fingerprint density at radius 2 is 2.29 bits per heavy atom. The van der Waals surface area contributed by atoms with E-state index in [0.717, 1.165) is 4.70 Å². The molecule has 0 unspecified atom stereocenters. The van der Waals surface area contributed by atoms with Gasteiger partial charge in [0, 0.05) is 15.1 Å². The average Bonchev–Trinajstić information content (AvgIpc) is 2.49. The molecule has 0 aliphatic rings. The molecule has 0 N–H and O–H groups in total. The van der Waals surface area contributed by atoms with Crippen LogP contribution in [0.3, 0.4) is 0 Å². The molecule has 74 valence electrons. The number of ether oxygens (including phenoxy) is 1. The smallest absolute Gasteiger partial charge is 0.140 e. The molecule has 2 aromatic rings. The maximum atomic E-state index is 13.5. The van der Waals surface area contributed by atoms with Crippen LogP contribution in [0.25, 0.3) is 10.1 Å². The van der Waals surface area contributed by atoms with Gasteiger partial charge in [-0.3, -0.25) is 0 Å². The van der Waals surface area contributed by atoms with Crippen molar-refractivity contribution in [3.05, 3.63) is 28.4 Å². The number of benzene rings is 1. The predicted molar refractivity (Wildman–Crippen MR) is 58.0 cm³/mol. The van der Waals surface area contributed by atoms with Gasteiger partial charge < -0.3 is 4.74 Å². The molecule has 0 spiro atoms. The summed E-state index contributed by atoms with van der Waals surface area (Å²) in [5, 5.41) is 2.74. The second kappa shape index (κ2) is 3.75. The Bertz CT molecular complexity index is 466. The Labute approximate surface area is 90.1 Å². The number of rotatable bonds is 2. The van der Waals surface area contributed by atoms with Crippen molar-refractivity contribution < 1.29 is 9.13 Å². The van der Waals surface area contributed by atoms with Crippen molar-refractivity contribution >= 4 is 33.0 Å². The number of halogens is 2. The monoisotopic (exact) mass is 230 g/mol. The molecule has 1 aromatic carbocycles. The fourth-order valence-corrected chi connectivity index (χ4v) is 2.52. The van der Waals surface area contributed by atoms with E-state index in [0.29, 0.717) is 22.8 Å². The summed E-state index contributed by atoms with van der Waals surface area (Å²) in [4.78, 5) is 0. The Morgan fingerprint density at radius 1 is 1.50 bits per heavy atom. The Morgan fingerprint density at radius 3 is 3.00 bits per heavy atom. The molecular weight excluding hydrogens is 223 g/mol. The average molecular weight is 231 g/mol. The molecule has 0 saturated heterocycles. The minimum Gasteiger partial charge on any atom is -0.492 e. The summed E-state index contributed by atoms with van der Waals surface area (Å²) in [5.41, 5.74) is 0. The summed E-state index contributed by atoms with van der Waals surface area (Å²) in [7, 11) is 0. The second-order valence-corrected chi connectivity index (χ2v) is 4.14. The zero-order valence-electron chi connectivity index (χ0n) is 7.51. The molecule has 1 nitrogen and oxygen atoms in total. The summed E-state index contributed by atoms with van der Waals surface area (Å²) in [6, 6.07) is 3.05. The molecule has 14 heavy (non-hydrogen) atoms. The quantitative estimate of drug-likeness (QED) is 0.755. The molecule has 0 atom stereocenters.